The highest BCUT2D eigenvalue weighted by Gasteiger charge is 2.36. The third-order valence-corrected chi connectivity index (χ3v) is 2.73. The van der Waals surface area contributed by atoms with Gasteiger partial charge in [-0.1, -0.05) is 25.1 Å². The van der Waals surface area contributed by atoms with E-state index in [0.717, 1.165) is 6.42 Å². The molecule has 114 valence electrons. The summed E-state index contributed by atoms with van der Waals surface area (Å²) in [5, 5.41) is 5.25. The zero-order chi connectivity index (χ0) is 15.5. The molecule has 0 bridgehead atoms. The van der Waals surface area contributed by atoms with Crippen molar-refractivity contribution in [2.45, 2.75) is 25.7 Å². The molecule has 1 unspecified atom stereocenters. The van der Waals surface area contributed by atoms with Crippen LogP contribution in [0.3, 0.4) is 0 Å². The van der Waals surface area contributed by atoms with Crippen LogP contribution in [0.1, 0.15) is 24.9 Å². The number of ether oxygens (including phenoxy) is 1. The number of carbonyl (C=O) groups excluding carboxylic acids is 1. The van der Waals surface area contributed by atoms with Crippen molar-refractivity contribution in [2.75, 3.05) is 6.54 Å². The number of hydrogen-bond donors (Lipinski definition) is 2. The van der Waals surface area contributed by atoms with E-state index in [4.69, 9.17) is 0 Å². The molecule has 1 fully saturated rings. The summed E-state index contributed by atoms with van der Waals surface area (Å²) in [5.74, 6) is -0.619. The minimum absolute atomic E-state index is 0.106. The molecule has 0 spiro atoms. The second kappa shape index (κ2) is 6.02. The summed E-state index contributed by atoms with van der Waals surface area (Å²) >= 11 is 0. The lowest BCUT2D eigenvalue weighted by atomic mass is 10.1. The van der Waals surface area contributed by atoms with Gasteiger partial charge in [0.25, 0.3) is 5.91 Å². The normalized spacial score (nSPS) is 20.3. The average molecular weight is 301 g/mol. The fourth-order valence-corrected chi connectivity index (χ4v) is 1.89. The van der Waals surface area contributed by atoms with Crippen LogP contribution in [0.15, 0.2) is 29.3 Å². The molecule has 1 amide bonds. The van der Waals surface area contributed by atoms with Crippen molar-refractivity contribution in [1.29, 1.82) is 0 Å². The highest BCUT2D eigenvalue weighted by atomic mass is 19.4. The first kappa shape index (κ1) is 15.1. The molecule has 1 aliphatic heterocycles. The topological polar surface area (TPSA) is 62.7 Å². The molecule has 1 aliphatic rings. The molecule has 1 aromatic carbocycles. The Labute approximate surface area is 119 Å². The van der Waals surface area contributed by atoms with Gasteiger partial charge < -0.3 is 10.1 Å². The van der Waals surface area contributed by atoms with Crippen molar-refractivity contribution in [3.63, 3.8) is 0 Å². The zero-order valence-corrected chi connectivity index (χ0v) is 11.2. The number of carbonyl (C=O) groups is 1. The van der Waals surface area contributed by atoms with E-state index >= 15 is 0 Å². The lowest BCUT2D eigenvalue weighted by molar-refractivity contribution is -0.275. The number of hydrogen-bond acceptors (Lipinski definition) is 3. The molecule has 21 heavy (non-hydrogen) atoms. The minimum Gasteiger partial charge on any atom is -0.405 e. The van der Waals surface area contributed by atoms with Gasteiger partial charge in [-0.05, 0) is 12.5 Å². The van der Waals surface area contributed by atoms with E-state index < -0.39 is 24.1 Å². The molecule has 5 nitrogen and oxygen atoms in total. The van der Waals surface area contributed by atoms with E-state index in [-0.39, 0.29) is 11.5 Å². The van der Waals surface area contributed by atoms with Gasteiger partial charge in [0.2, 0.25) is 0 Å². The van der Waals surface area contributed by atoms with Crippen LogP contribution in [0.2, 0.25) is 0 Å². The summed E-state index contributed by atoms with van der Waals surface area (Å²) in [4.78, 5) is 16.0. The molecule has 1 heterocycles. The Kier molecular flexibility index (Phi) is 4.35. The number of benzene rings is 1. The molecule has 0 aliphatic carbocycles. The first-order valence-electron chi connectivity index (χ1n) is 6.37. The number of para-hydroxylation sites is 1. The Bertz CT molecular complexity index is 558. The molecule has 1 saturated heterocycles. The number of nitrogens with one attached hydrogen (secondary N) is 2. The van der Waals surface area contributed by atoms with Crippen molar-refractivity contribution >= 4 is 11.9 Å². The number of alkyl halides is 3. The highest BCUT2D eigenvalue weighted by molar-refractivity contribution is 6.07. The number of aliphatic imine (C=N–C) groups is 1. The molecule has 2 rings (SSSR count). The van der Waals surface area contributed by atoms with E-state index in [9.17, 15) is 18.0 Å². The van der Waals surface area contributed by atoms with Crippen LogP contribution >= 0.6 is 0 Å². The van der Waals surface area contributed by atoms with Crippen LogP contribution in [0.5, 0.6) is 5.75 Å². The Hall–Kier alpha value is -2.25. The number of guanidine groups is 1. The van der Waals surface area contributed by atoms with Gasteiger partial charge in [0.1, 0.15) is 11.8 Å². The maximum absolute atomic E-state index is 12.4. The summed E-state index contributed by atoms with van der Waals surface area (Å²) in [7, 11) is 0. The van der Waals surface area contributed by atoms with Gasteiger partial charge in [-0.2, -0.15) is 0 Å². The molecule has 0 radical (unpaired) electrons. The first-order chi connectivity index (χ1) is 9.90. The quantitative estimate of drug-likeness (QED) is 0.895. The van der Waals surface area contributed by atoms with Crippen LogP contribution in [-0.2, 0) is 4.79 Å². The lowest BCUT2D eigenvalue weighted by Crippen LogP contribution is -2.25. The third-order valence-electron chi connectivity index (χ3n) is 2.73. The van der Waals surface area contributed by atoms with E-state index in [1.54, 1.807) is 0 Å². The highest BCUT2D eigenvalue weighted by Crippen LogP contribution is 2.31. The summed E-state index contributed by atoms with van der Waals surface area (Å²) in [6, 6.07) is 4.55. The second-order valence-corrected chi connectivity index (χ2v) is 4.38. The molecule has 1 atom stereocenters. The largest absolute Gasteiger partial charge is 0.573 e. The van der Waals surface area contributed by atoms with Crippen LogP contribution in [0.25, 0.3) is 0 Å². The lowest BCUT2D eigenvalue weighted by Gasteiger charge is -2.15. The third kappa shape index (κ3) is 3.87. The smallest absolute Gasteiger partial charge is 0.405 e. The average Bonchev–Trinajstić information content (AvgIpc) is 2.76. The molecule has 1 aromatic rings. The van der Waals surface area contributed by atoms with Crippen LogP contribution in [-0.4, -0.2) is 24.8 Å². The van der Waals surface area contributed by atoms with E-state index in [1.807, 2.05) is 6.92 Å². The van der Waals surface area contributed by atoms with Gasteiger partial charge in [-0.15, -0.1) is 13.2 Å². The first-order valence-corrected chi connectivity index (χ1v) is 6.37. The number of halogens is 3. The predicted octanol–water partition coefficient (Wildman–Crippen LogP) is 2.11. The van der Waals surface area contributed by atoms with Crippen LogP contribution < -0.4 is 15.4 Å². The van der Waals surface area contributed by atoms with Crippen molar-refractivity contribution in [1.82, 2.24) is 10.6 Å². The monoisotopic (exact) mass is 301 g/mol. The van der Waals surface area contributed by atoms with Gasteiger partial charge in [-0.3, -0.25) is 15.1 Å². The van der Waals surface area contributed by atoms with E-state index in [0.29, 0.717) is 6.54 Å². The summed E-state index contributed by atoms with van der Waals surface area (Å²) < 4.78 is 41.1. The molecular formula is C13H14F3N3O2. The van der Waals surface area contributed by atoms with Gasteiger partial charge in [0, 0.05) is 12.1 Å². The molecule has 8 heteroatoms. The minimum atomic E-state index is -4.82. The van der Waals surface area contributed by atoms with Crippen molar-refractivity contribution in [3.8, 4) is 5.75 Å². The van der Waals surface area contributed by atoms with E-state index in [2.05, 4.69) is 20.4 Å². The van der Waals surface area contributed by atoms with Gasteiger partial charge in [-0.25, -0.2) is 0 Å². The second-order valence-electron chi connectivity index (χ2n) is 4.38. The SMILES string of the molecule is CCCN=C1NC(=O)C(c2ccccc2OC(F)(F)F)N1. The number of nitrogens with zero attached hydrogens (tertiary/aromatic N) is 1. The van der Waals surface area contributed by atoms with Gasteiger partial charge >= 0.3 is 6.36 Å². The predicted molar refractivity (Wildman–Crippen MR) is 69.7 cm³/mol. The summed E-state index contributed by atoms with van der Waals surface area (Å²) in [6.07, 6.45) is -4.02. The Morgan fingerprint density at radius 2 is 2.05 bits per heavy atom. The number of rotatable bonds is 4. The van der Waals surface area contributed by atoms with Crippen LogP contribution in [0.4, 0.5) is 13.2 Å². The maximum atomic E-state index is 12.4. The Morgan fingerprint density at radius 1 is 1.33 bits per heavy atom. The van der Waals surface area contributed by atoms with Crippen LogP contribution in [0, 0.1) is 0 Å². The Morgan fingerprint density at radius 3 is 2.71 bits per heavy atom. The Balaban J connectivity index is 2.24. The standard InChI is InChI=1S/C13H14F3N3O2/c1-2-7-17-12-18-10(11(20)19-12)8-5-3-4-6-9(8)21-13(14,15)16/h3-6,10H,2,7H2,1H3,(H2,17,18,19,20). The van der Waals surface area contributed by atoms with Crippen molar-refractivity contribution < 1.29 is 22.7 Å². The molecule has 2 N–H and O–H groups in total. The molecule has 0 aromatic heterocycles. The van der Waals surface area contributed by atoms with Crippen molar-refractivity contribution in [3.05, 3.63) is 29.8 Å². The van der Waals surface area contributed by atoms with Gasteiger partial charge in [0.15, 0.2) is 5.96 Å². The zero-order valence-electron chi connectivity index (χ0n) is 11.2. The fourth-order valence-electron chi connectivity index (χ4n) is 1.89. The van der Waals surface area contributed by atoms with E-state index in [1.165, 1.54) is 24.3 Å². The van der Waals surface area contributed by atoms with Crippen molar-refractivity contribution in [2.24, 2.45) is 4.99 Å². The fraction of sp³-hybridized carbons (Fsp3) is 0.385. The van der Waals surface area contributed by atoms with Gasteiger partial charge in [0.05, 0.1) is 0 Å². The summed E-state index contributed by atoms with van der Waals surface area (Å²) in [6.45, 7) is 2.43. The maximum Gasteiger partial charge on any atom is 0.573 e. The molecular weight excluding hydrogens is 287 g/mol. The summed E-state index contributed by atoms with van der Waals surface area (Å²) in [5.41, 5.74) is 0.106. The molecule has 0 saturated carbocycles. The number of amides is 1.